The highest BCUT2D eigenvalue weighted by molar-refractivity contribution is 9.10. The SMILES string of the molecule is CC1(Nc2ncncc2Br)CCOCC1. The van der Waals surface area contributed by atoms with Crippen molar-refractivity contribution in [3.05, 3.63) is 17.0 Å². The second-order valence-corrected chi connectivity index (χ2v) is 4.87. The molecule has 15 heavy (non-hydrogen) atoms. The van der Waals surface area contributed by atoms with Crippen LogP contribution in [0.4, 0.5) is 5.82 Å². The van der Waals surface area contributed by atoms with Gasteiger partial charge < -0.3 is 10.1 Å². The second-order valence-electron chi connectivity index (χ2n) is 4.02. The maximum Gasteiger partial charge on any atom is 0.144 e. The Hall–Kier alpha value is -0.680. The topological polar surface area (TPSA) is 47.0 Å². The maximum atomic E-state index is 5.35. The van der Waals surface area contributed by atoms with Crippen molar-refractivity contribution >= 4 is 21.7 Å². The highest BCUT2D eigenvalue weighted by Gasteiger charge is 2.27. The molecule has 1 fully saturated rings. The fraction of sp³-hybridized carbons (Fsp3) is 0.600. The molecular formula is C10H14BrN3O. The van der Waals surface area contributed by atoms with Crippen LogP contribution >= 0.6 is 15.9 Å². The maximum absolute atomic E-state index is 5.35. The molecule has 0 unspecified atom stereocenters. The molecule has 0 bridgehead atoms. The van der Waals surface area contributed by atoms with Crippen molar-refractivity contribution in [1.29, 1.82) is 0 Å². The van der Waals surface area contributed by atoms with Crippen LogP contribution in [-0.2, 0) is 4.74 Å². The molecule has 1 aliphatic rings. The van der Waals surface area contributed by atoms with Crippen LogP contribution in [0.1, 0.15) is 19.8 Å². The van der Waals surface area contributed by atoms with Crippen LogP contribution in [0.5, 0.6) is 0 Å². The van der Waals surface area contributed by atoms with Crippen LogP contribution in [-0.4, -0.2) is 28.7 Å². The van der Waals surface area contributed by atoms with Crippen LogP contribution in [0.25, 0.3) is 0 Å². The van der Waals surface area contributed by atoms with Gasteiger partial charge in [-0.1, -0.05) is 0 Å². The van der Waals surface area contributed by atoms with Crippen LogP contribution in [0.15, 0.2) is 17.0 Å². The highest BCUT2D eigenvalue weighted by atomic mass is 79.9. The third kappa shape index (κ3) is 2.66. The fourth-order valence-electron chi connectivity index (χ4n) is 1.64. The van der Waals surface area contributed by atoms with Gasteiger partial charge in [-0.25, -0.2) is 9.97 Å². The Kier molecular flexibility index (Phi) is 3.21. The zero-order valence-corrected chi connectivity index (χ0v) is 10.2. The second kappa shape index (κ2) is 4.45. The van der Waals surface area contributed by atoms with Gasteiger partial charge in [-0.2, -0.15) is 0 Å². The average molecular weight is 272 g/mol. The molecule has 1 aromatic heterocycles. The summed E-state index contributed by atoms with van der Waals surface area (Å²) in [6.45, 7) is 3.82. The highest BCUT2D eigenvalue weighted by Crippen LogP contribution is 2.27. The molecule has 0 radical (unpaired) electrons. The van der Waals surface area contributed by atoms with E-state index in [1.807, 2.05) is 0 Å². The largest absolute Gasteiger partial charge is 0.381 e. The van der Waals surface area contributed by atoms with Gasteiger partial charge in [0.1, 0.15) is 12.1 Å². The van der Waals surface area contributed by atoms with Crippen molar-refractivity contribution in [1.82, 2.24) is 9.97 Å². The van der Waals surface area contributed by atoms with E-state index in [4.69, 9.17) is 4.74 Å². The van der Waals surface area contributed by atoms with Gasteiger partial charge in [-0.15, -0.1) is 0 Å². The van der Waals surface area contributed by atoms with Gasteiger partial charge in [-0.3, -0.25) is 0 Å². The normalized spacial score (nSPS) is 19.9. The van der Waals surface area contributed by atoms with Crippen molar-refractivity contribution in [2.45, 2.75) is 25.3 Å². The number of halogens is 1. The molecule has 4 nitrogen and oxygen atoms in total. The van der Waals surface area contributed by atoms with Gasteiger partial charge >= 0.3 is 0 Å². The number of ether oxygens (including phenoxy) is 1. The molecule has 1 aliphatic heterocycles. The standard InChI is InChI=1S/C10H14BrN3O/c1-10(2-4-15-5-3-10)14-9-8(11)6-12-7-13-9/h6-7H,2-5H2,1H3,(H,12,13,14). The van der Waals surface area contributed by atoms with Crippen molar-refractivity contribution in [2.75, 3.05) is 18.5 Å². The van der Waals surface area contributed by atoms with Crippen molar-refractivity contribution in [2.24, 2.45) is 0 Å². The van der Waals surface area contributed by atoms with Gasteiger partial charge in [0.15, 0.2) is 0 Å². The number of nitrogens with zero attached hydrogens (tertiary/aromatic N) is 2. The molecule has 0 aliphatic carbocycles. The molecular weight excluding hydrogens is 258 g/mol. The fourth-order valence-corrected chi connectivity index (χ4v) is 1.96. The van der Waals surface area contributed by atoms with Crippen LogP contribution < -0.4 is 5.32 Å². The quantitative estimate of drug-likeness (QED) is 0.896. The van der Waals surface area contributed by atoms with E-state index in [1.54, 1.807) is 12.5 Å². The third-order valence-electron chi connectivity index (χ3n) is 2.68. The van der Waals surface area contributed by atoms with E-state index in [0.29, 0.717) is 0 Å². The summed E-state index contributed by atoms with van der Waals surface area (Å²) in [5.41, 5.74) is 0.0785. The number of hydrogen-bond donors (Lipinski definition) is 1. The van der Waals surface area contributed by atoms with E-state index in [2.05, 4.69) is 38.1 Å². The van der Waals surface area contributed by atoms with Crippen molar-refractivity contribution in [3.63, 3.8) is 0 Å². The van der Waals surface area contributed by atoms with E-state index < -0.39 is 0 Å². The summed E-state index contributed by atoms with van der Waals surface area (Å²) in [6, 6.07) is 0. The molecule has 0 amide bonds. The molecule has 0 atom stereocenters. The summed E-state index contributed by atoms with van der Waals surface area (Å²) in [7, 11) is 0. The first kappa shape index (κ1) is 10.8. The van der Waals surface area contributed by atoms with Crippen LogP contribution in [0, 0.1) is 0 Å². The molecule has 82 valence electrons. The summed E-state index contributed by atoms with van der Waals surface area (Å²) in [4.78, 5) is 8.15. The minimum absolute atomic E-state index is 0.0785. The van der Waals surface area contributed by atoms with Gasteiger partial charge in [0, 0.05) is 24.9 Å². The summed E-state index contributed by atoms with van der Waals surface area (Å²) >= 11 is 3.43. The molecule has 1 aromatic rings. The molecule has 1 saturated heterocycles. The number of rotatable bonds is 2. The van der Waals surface area contributed by atoms with Gasteiger partial charge in [0.25, 0.3) is 0 Å². The number of nitrogens with one attached hydrogen (secondary N) is 1. The Bertz CT molecular complexity index is 339. The summed E-state index contributed by atoms with van der Waals surface area (Å²) < 4.78 is 6.25. The molecule has 0 spiro atoms. The molecule has 5 heteroatoms. The predicted octanol–water partition coefficient (Wildman–Crippen LogP) is 2.22. The molecule has 2 rings (SSSR count). The van der Waals surface area contributed by atoms with E-state index in [-0.39, 0.29) is 5.54 Å². The summed E-state index contributed by atoms with van der Waals surface area (Å²) in [5, 5.41) is 3.45. The zero-order chi connectivity index (χ0) is 10.7. The lowest BCUT2D eigenvalue weighted by Gasteiger charge is -2.35. The lowest BCUT2D eigenvalue weighted by atomic mass is 9.92. The van der Waals surface area contributed by atoms with E-state index in [1.165, 1.54) is 0 Å². The molecule has 0 aromatic carbocycles. The van der Waals surface area contributed by atoms with Gasteiger partial charge in [-0.05, 0) is 35.7 Å². The molecule has 2 heterocycles. The third-order valence-corrected chi connectivity index (χ3v) is 3.26. The lowest BCUT2D eigenvalue weighted by molar-refractivity contribution is 0.0657. The Morgan fingerprint density at radius 2 is 2.20 bits per heavy atom. The average Bonchev–Trinajstić information content (AvgIpc) is 2.22. The summed E-state index contributed by atoms with van der Waals surface area (Å²) in [5.74, 6) is 0.856. The van der Waals surface area contributed by atoms with E-state index >= 15 is 0 Å². The van der Waals surface area contributed by atoms with Crippen molar-refractivity contribution < 1.29 is 4.74 Å². The van der Waals surface area contributed by atoms with E-state index in [0.717, 1.165) is 36.3 Å². The summed E-state index contributed by atoms with van der Waals surface area (Å²) in [6.07, 6.45) is 5.31. The predicted molar refractivity (Wildman–Crippen MR) is 61.8 cm³/mol. The Balaban J connectivity index is 2.10. The van der Waals surface area contributed by atoms with Gasteiger partial charge in [0.2, 0.25) is 0 Å². The number of anilines is 1. The van der Waals surface area contributed by atoms with Crippen LogP contribution in [0.3, 0.4) is 0 Å². The van der Waals surface area contributed by atoms with Crippen LogP contribution in [0.2, 0.25) is 0 Å². The zero-order valence-electron chi connectivity index (χ0n) is 8.66. The van der Waals surface area contributed by atoms with Crippen molar-refractivity contribution in [3.8, 4) is 0 Å². The molecule has 1 N–H and O–H groups in total. The Labute approximate surface area is 97.6 Å². The van der Waals surface area contributed by atoms with E-state index in [9.17, 15) is 0 Å². The first-order valence-corrected chi connectivity index (χ1v) is 5.80. The first-order chi connectivity index (χ1) is 7.20. The molecule has 0 saturated carbocycles. The minimum Gasteiger partial charge on any atom is -0.381 e. The smallest absolute Gasteiger partial charge is 0.144 e. The Morgan fingerprint density at radius 3 is 2.87 bits per heavy atom. The first-order valence-electron chi connectivity index (χ1n) is 5.01. The number of aromatic nitrogens is 2. The lowest BCUT2D eigenvalue weighted by Crippen LogP contribution is -2.41. The minimum atomic E-state index is 0.0785. The monoisotopic (exact) mass is 271 g/mol. The Morgan fingerprint density at radius 1 is 1.47 bits per heavy atom. The van der Waals surface area contributed by atoms with Gasteiger partial charge in [0.05, 0.1) is 4.47 Å². The number of hydrogen-bond acceptors (Lipinski definition) is 4.